The van der Waals surface area contributed by atoms with E-state index in [9.17, 15) is 8.42 Å². The van der Waals surface area contributed by atoms with E-state index in [-0.39, 0.29) is 12.4 Å². The molecule has 5 heteroatoms. The summed E-state index contributed by atoms with van der Waals surface area (Å²) >= 11 is 0. The molecule has 0 rings (SSSR count). The zero-order valence-electron chi connectivity index (χ0n) is 5.95. The molecule has 0 spiro atoms. The summed E-state index contributed by atoms with van der Waals surface area (Å²) in [7, 11) is -3.29. The standard InChI is InChI=1S/C3H7NO2S.C2H6O/c1-2-3-7(4,5)6;1-2-3/h2H,1,3H2,(H2,4,5,6);3H,2H2,1H3. The van der Waals surface area contributed by atoms with Gasteiger partial charge in [-0.2, -0.15) is 0 Å². The van der Waals surface area contributed by atoms with Crippen LogP contribution in [0.5, 0.6) is 0 Å². The SMILES string of the molecule is C=CCS(N)(=O)=O.CCO. The lowest BCUT2D eigenvalue weighted by atomic mass is 10.8. The summed E-state index contributed by atoms with van der Waals surface area (Å²) in [5.41, 5.74) is 0. The second-order valence-electron chi connectivity index (χ2n) is 1.43. The van der Waals surface area contributed by atoms with E-state index < -0.39 is 10.0 Å². The molecule has 3 N–H and O–H groups in total. The number of nitrogens with two attached hydrogens (primary N) is 1. The number of hydrogen-bond donors (Lipinski definition) is 2. The number of hydrogen-bond acceptors (Lipinski definition) is 3. The van der Waals surface area contributed by atoms with E-state index in [1.54, 1.807) is 6.92 Å². The lowest BCUT2D eigenvalue weighted by Crippen LogP contribution is -2.14. The zero-order chi connectivity index (χ0) is 8.62. The summed E-state index contributed by atoms with van der Waals surface area (Å²) in [6.07, 6.45) is 1.25. The van der Waals surface area contributed by atoms with Gasteiger partial charge in [-0.05, 0) is 6.92 Å². The molecular formula is C5H13NO3S. The van der Waals surface area contributed by atoms with E-state index in [0.717, 1.165) is 0 Å². The lowest BCUT2D eigenvalue weighted by Gasteiger charge is -1.83. The summed E-state index contributed by atoms with van der Waals surface area (Å²) in [6.45, 7) is 5.12. The van der Waals surface area contributed by atoms with E-state index in [4.69, 9.17) is 5.11 Å². The lowest BCUT2D eigenvalue weighted by molar-refractivity contribution is 0.318. The number of sulfonamides is 1. The van der Waals surface area contributed by atoms with E-state index >= 15 is 0 Å². The first-order valence-corrected chi connectivity index (χ1v) is 4.41. The fraction of sp³-hybridized carbons (Fsp3) is 0.600. The molecule has 0 aliphatic rings. The third kappa shape index (κ3) is 25.5. The van der Waals surface area contributed by atoms with Gasteiger partial charge in [0.15, 0.2) is 0 Å². The Morgan fingerprint density at radius 3 is 2.00 bits per heavy atom. The number of aliphatic hydroxyl groups excluding tert-OH is 1. The maximum atomic E-state index is 9.94. The van der Waals surface area contributed by atoms with Gasteiger partial charge >= 0.3 is 0 Å². The Morgan fingerprint density at radius 2 is 2.00 bits per heavy atom. The van der Waals surface area contributed by atoms with Crippen molar-refractivity contribution in [1.82, 2.24) is 0 Å². The van der Waals surface area contributed by atoms with Gasteiger partial charge in [0.2, 0.25) is 10.0 Å². The molecule has 0 aromatic carbocycles. The molecule has 0 atom stereocenters. The molecule has 0 aromatic rings. The third-order valence-corrected chi connectivity index (χ3v) is 1.05. The van der Waals surface area contributed by atoms with Crippen LogP contribution < -0.4 is 5.14 Å². The van der Waals surface area contributed by atoms with Gasteiger partial charge in [0.1, 0.15) is 0 Å². The van der Waals surface area contributed by atoms with Crippen molar-refractivity contribution in [2.45, 2.75) is 6.92 Å². The Hall–Kier alpha value is -0.390. The number of aliphatic hydroxyl groups is 1. The van der Waals surface area contributed by atoms with Crippen LogP contribution in [-0.4, -0.2) is 25.9 Å². The Morgan fingerprint density at radius 1 is 1.70 bits per heavy atom. The smallest absolute Gasteiger partial charge is 0.212 e. The largest absolute Gasteiger partial charge is 0.397 e. The molecule has 10 heavy (non-hydrogen) atoms. The van der Waals surface area contributed by atoms with Crippen LogP contribution in [0.15, 0.2) is 12.7 Å². The molecule has 0 saturated carbocycles. The summed E-state index contributed by atoms with van der Waals surface area (Å²) in [6, 6.07) is 0. The van der Waals surface area contributed by atoms with Crippen molar-refractivity contribution in [3.8, 4) is 0 Å². The topological polar surface area (TPSA) is 80.4 Å². The molecule has 0 saturated heterocycles. The second-order valence-corrected chi connectivity index (χ2v) is 3.09. The first-order chi connectivity index (χ1) is 4.47. The Bertz CT molecular complexity index is 162. The van der Waals surface area contributed by atoms with Crippen LogP contribution in [0.3, 0.4) is 0 Å². The van der Waals surface area contributed by atoms with Crippen molar-refractivity contribution < 1.29 is 13.5 Å². The summed E-state index contributed by atoms with van der Waals surface area (Å²) in [5, 5.41) is 12.1. The Kier molecular flexibility index (Phi) is 8.27. The first kappa shape index (κ1) is 12.3. The Labute approximate surface area is 61.4 Å². The van der Waals surface area contributed by atoms with Crippen molar-refractivity contribution in [2.24, 2.45) is 5.14 Å². The maximum Gasteiger partial charge on any atom is 0.212 e. The molecule has 0 fully saturated rings. The van der Waals surface area contributed by atoms with Gasteiger partial charge in [-0.1, -0.05) is 6.08 Å². The van der Waals surface area contributed by atoms with Crippen molar-refractivity contribution in [3.05, 3.63) is 12.7 Å². The summed E-state index contributed by atoms with van der Waals surface area (Å²) in [4.78, 5) is 0. The van der Waals surface area contributed by atoms with Crippen LogP contribution >= 0.6 is 0 Å². The average molecular weight is 167 g/mol. The maximum absolute atomic E-state index is 9.94. The first-order valence-electron chi connectivity index (χ1n) is 2.70. The van der Waals surface area contributed by atoms with E-state index in [1.807, 2.05) is 0 Å². The minimum Gasteiger partial charge on any atom is -0.397 e. The highest BCUT2D eigenvalue weighted by Crippen LogP contribution is 1.73. The van der Waals surface area contributed by atoms with Crippen molar-refractivity contribution in [3.63, 3.8) is 0 Å². The van der Waals surface area contributed by atoms with Crippen molar-refractivity contribution in [2.75, 3.05) is 12.4 Å². The third-order valence-electron chi connectivity index (χ3n) is 0.350. The van der Waals surface area contributed by atoms with Crippen molar-refractivity contribution >= 4 is 10.0 Å². The number of rotatable bonds is 2. The molecule has 0 bridgehead atoms. The normalized spacial score (nSPS) is 9.50. The Balaban J connectivity index is 0. The monoisotopic (exact) mass is 167 g/mol. The van der Waals surface area contributed by atoms with E-state index in [2.05, 4.69) is 11.7 Å². The van der Waals surface area contributed by atoms with Gasteiger partial charge in [0.05, 0.1) is 5.75 Å². The van der Waals surface area contributed by atoms with Crippen LogP contribution in [-0.2, 0) is 10.0 Å². The van der Waals surface area contributed by atoms with Gasteiger partial charge in [0, 0.05) is 6.61 Å². The van der Waals surface area contributed by atoms with Crippen LogP contribution in [0.1, 0.15) is 6.92 Å². The highest BCUT2D eigenvalue weighted by molar-refractivity contribution is 7.89. The fourth-order valence-corrected chi connectivity index (χ4v) is 0.493. The molecule has 62 valence electrons. The zero-order valence-corrected chi connectivity index (χ0v) is 6.76. The van der Waals surface area contributed by atoms with Gasteiger partial charge in [-0.3, -0.25) is 0 Å². The van der Waals surface area contributed by atoms with Gasteiger partial charge in [0.25, 0.3) is 0 Å². The molecule has 4 nitrogen and oxygen atoms in total. The minimum absolute atomic E-state index is 0.146. The van der Waals surface area contributed by atoms with Crippen LogP contribution in [0.25, 0.3) is 0 Å². The van der Waals surface area contributed by atoms with Crippen LogP contribution in [0, 0.1) is 0 Å². The minimum atomic E-state index is -3.29. The van der Waals surface area contributed by atoms with E-state index in [0.29, 0.717) is 0 Å². The van der Waals surface area contributed by atoms with Gasteiger partial charge < -0.3 is 5.11 Å². The molecule has 0 amide bonds. The van der Waals surface area contributed by atoms with Gasteiger partial charge in [-0.25, -0.2) is 13.6 Å². The second kappa shape index (κ2) is 6.73. The highest BCUT2D eigenvalue weighted by atomic mass is 32.2. The molecule has 0 aliphatic heterocycles. The summed E-state index contributed by atoms with van der Waals surface area (Å²) < 4.78 is 19.9. The van der Waals surface area contributed by atoms with Crippen LogP contribution in [0.4, 0.5) is 0 Å². The molecule has 0 unspecified atom stereocenters. The predicted molar refractivity (Wildman–Crippen MR) is 40.9 cm³/mol. The van der Waals surface area contributed by atoms with Gasteiger partial charge in [-0.15, -0.1) is 6.58 Å². The number of primary sulfonamides is 1. The van der Waals surface area contributed by atoms with E-state index in [1.165, 1.54) is 6.08 Å². The predicted octanol–water partition coefficient (Wildman–Crippen LogP) is -0.541. The van der Waals surface area contributed by atoms with Crippen molar-refractivity contribution in [1.29, 1.82) is 0 Å². The molecule has 0 aliphatic carbocycles. The average Bonchev–Trinajstić information content (AvgIpc) is 1.63. The molecular weight excluding hydrogens is 154 g/mol. The molecule has 0 radical (unpaired) electrons. The summed E-state index contributed by atoms with van der Waals surface area (Å²) in [5.74, 6) is -0.146. The molecule has 0 heterocycles. The quantitative estimate of drug-likeness (QED) is 0.542. The highest BCUT2D eigenvalue weighted by Gasteiger charge is 1.93. The van der Waals surface area contributed by atoms with Crippen LogP contribution in [0.2, 0.25) is 0 Å². The fourth-order valence-electron chi connectivity index (χ4n) is 0.164. The molecule has 0 aromatic heterocycles.